The van der Waals surface area contributed by atoms with Crippen LogP contribution in [0.25, 0.3) is 0 Å². The van der Waals surface area contributed by atoms with Crippen molar-refractivity contribution in [2.24, 2.45) is 0 Å². The van der Waals surface area contributed by atoms with E-state index in [-0.39, 0.29) is 0 Å². The minimum Gasteiger partial charge on any atom is -0.303 e. The van der Waals surface area contributed by atoms with Gasteiger partial charge in [0.25, 0.3) is 0 Å². The lowest BCUT2D eigenvalue weighted by Gasteiger charge is -2.28. The second-order valence-corrected chi connectivity index (χ2v) is 10.4. The zero-order chi connectivity index (χ0) is 22.8. The van der Waals surface area contributed by atoms with Gasteiger partial charge in [0.15, 0.2) is 0 Å². The molecule has 0 atom stereocenters. The molecule has 0 aromatic carbocycles. The number of nitrogens with zero attached hydrogens (tertiary/aromatic N) is 1. The number of hydrogen-bond acceptors (Lipinski definition) is 1. The highest BCUT2D eigenvalue weighted by atomic mass is 15.1. The molecular weight excluding hydrogens is 374 g/mol. The summed E-state index contributed by atoms with van der Waals surface area (Å²) in [6.07, 6.45) is 34.6. The van der Waals surface area contributed by atoms with Gasteiger partial charge in [-0.3, -0.25) is 0 Å². The van der Waals surface area contributed by atoms with Gasteiger partial charge in [-0.2, -0.15) is 0 Å². The first-order valence-electron chi connectivity index (χ1n) is 15.0. The van der Waals surface area contributed by atoms with Crippen LogP contribution in [0, 0.1) is 0 Å². The average molecular weight is 438 g/mol. The Labute approximate surface area is 199 Å². The molecule has 0 bridgehead atoms. The van der Waals surface area contributed by atoms with Crippen LogP contribution in [-0.2, 0) is 0 Å². The summed E-state index contributed by atoms with van der Waals surface area (Å²) >= 11 is 0. The van der Waals surface area contributed by atoms with E-state index in [0.717, 1.165) is 6.04 Å². The zero-order valence-electron chi connectivity index (χ0n) is 22.7. The van der Waals surface area contributed by atoms with E-state index in [1.165, 1.54) is 161 Å². The van der Waals surface area contributed by atoms with Crippen molar-refractivity contribution in [2.45, 2.75) is 181 Å². The fourth-order valence-electron chi connectivity index (χ4n) is 4.94. The van der Waals surface area contributed by atoms with E-state index < -0.39 is 0 Å². The van der Waals surface area contributed by atoms with Crippen molar-refractivity contribution in [1.29, 1.82) is 0 Å². The summed E-state index contributed by atoms with van der Waals surface area (Å²) in [5.41, 5.74) is 0. The van der Waals surface area contributed by atoms with E-state index in [2.05, 4.69) is 32.7 Å². The third-order valence-electron chi connectivity index (χ3n) is 7.27. The van der Waals surface area contributed by atoms with Crippen LogP contribution in [0.1, 0.15) is 175 Å². The molecule has 0 aliphatic heterocycles. The van der Waals surface area contributed by atoms with Crippen LogP contribution in [0.3, 0.4) is 0 Å². The molecule has 0 N–H and O–H groups in total. The first kappa shape index (κ1) is 31.0. The van der Waals surface area contributed by atoms with Crippen molar-refractivity contribution in [2.75, 3.05) is 13.6 Å². The molecule has 0 aliphatic rings. The minimum absolute atomic E-state index is 0.843. The Morgan fingerprint density at radius 2 is 0.677 bits per heavy atom. The van der Waals surface area contributed by atoms with Gasteiger partial charge in [0.1, 0.15) is 0 Å². The molecule has 188 valence electrons. The Bertz CT molecular complexity index is 294. The van der Waals surface area contributed by atoms with Crippen LogP contribution >= 0.6 is 0 Å². The molecule has 0 spiro atoms. The SMILES string of the molecule is CCCCCCCCCCC(CCCCCCCCCC)N(C)CCCCCCCC. The van der Waals surface area contributed by atoms with Gasteiger partial charge in [0.05, 0.1) is 0 Å². The van der Waals surface area contributed by atoms with Gasteiger partial charge in [0, 0.05) is 6.04 Å². The first-order valence-corrected chi connectivity index (χ1v) is 15.0. The maximum absolute atomic E-state index is 2.74. The lowest BCUT2D eigenvalue weighted by molar-refractivity contribution is 0.205. The minimum atomic E-state index is 0.843. The van der Waals surface area contributed by atoms with Gasteiger partial charge in [-0.25, -0.2) is 0 Å². The Morgan fingerprint density at radius 3 is 1.03 bits per heavy atom. The summed E-state index contributed by atoms with van der Waals surface area (Å²) in [6, 6.07) is 0.843. The molecule has 0 aliphatic carbocycles. The number of hydrogen-bond donors (Lipinski definition) is 0. The smallest absolute Gasteiger partial charge is 0.00922 e. The molecule has 0 unspecified atom stereocenters. The van der Waals surface area contributed by atoms with E-state index in [1.54, 1.807) is 0 Å². The van der Waals surface area contributed by atoms with Crippen LogP contribution in [-0.4, -0.2) is 24.5 Å². The molecule has 0 aromatic rings. The maximum Gasteiger partial charge on any atom is 0.00922 e. The molecule has 0 amide bonds. The van der Waals surface area contributed by atoms with Crippen molar-refractivity contribution in [1.82, 2.24) is 4.90 Å². The summed E-state index contributed by atoms with van der Waals surface area (Å²) in [6.45, 7) is 8.27. The fourth-order valence-corrected chi connectivity index (χ4v) is 4.94. The zero-order valence-corrected chi connectivity index (χ0v) is 22.7. The third kappa shape index (κ3) is 22.9. The van der Waals surface area contributed by atoms with Gasteiger partial charge < -0.3 is 4.90 Å². The molecule has 0 saturated heterocycles. The van der Waals surface area contributed by atoms with Crippen molar-refractivity contribution in [3.05, 3.63) is 0 Å². The van der Waals surface area contributed by atoms with Gasteiger partial charge >= 0.3 is 0 Å². The molecule has 0 radical (unpaired) electrons. The summed E-state index contributed by atoms with van der Waals surface area (Å²) in [4.78, 5) is 2.74. The normalized spacial score (nSPS) is 11.8. The summed E-state index contributed by atoms with van der Waals surface area (Å²) in [5.74, 6) is 0. The lowest BCUT2D eigenvalue weighted by atomic mass is 9.98. The van der Waals surface area contributed by atoms with Crippen LogP contribution < -0.4 is 0 Å². The average Bonchev–Trinajstić information content (AvgIpc) is 2.78. The molecule has 0 rings (SSSR count). The quantitative estimate of drug-likeness (QED) is 0.122. The second-order valence-electron chi connectivity index (χ2n) is 10.4. The number of unbranched alkanes of at least 4 members (excludes halogenated alkanes) is 19. The maximum atomic E-state index is 2.74. The second kappa shape index (κ2) is 26.2. The van der Waals surface area contributed by atoms with Gasteiger partial charge in [-0.15, -0.1) is 0 Å². The predicted octanol–water partition coefficient (Wildman–Crippen LogP) is 10.7. The highest BCUT2D eigenvalue weighted by Crippen LogP contribution is 2.19. The van der Waals surface area contributed by atoms with Crippen molar-refractivity contribution < 1.29 is 0 Å². The Morgan fingerprint density at radius 1 is 0.387 bits per heavy atom. The molecular formula is C30H63N. The monoisotopic (exact) mass is 437 g/mol. The van der Waals surface area contributed by atoms with Crippen LogP contribution in [0.4, 0.5) is 0 Å². The van der Waals surface area contributed by atoms with Crippen molar-refractivity contribution in [3.63, 3.8) is 0 Å². The Hall–Kier alpha value is -0.0400. The topological polar surface area (TPSA) is 3.24 Å². The molecule has 0 fully saturated rings. The van der Waals surface area contributed by atoms with Crippen molar-refractivity contribution in [3.8, 4) is 0 Å². The third-order valence-corrected chi connectivity index (χ3v) is 7.27. The summed E-state index contributed by atoms with van der Waals surface area (Å²) in [5, 5.41) is 0. The van der Waals surface area contributed by atoms with E-state index in [1.807, 2.05) is 0 Å². The Kier molecular flexibility index (Phi) is 26.2. The van der Waals surface area contributed by atoms with E-state index >= 15 is 0 Å². The van der Waals surface area contributed by atoms with E-state index in [0.29, 0.717) is 0 Å². The Balaban J connectivity index is 4.02. The first-order chi connectivity index (χ1) is 15.3. The largest absolute Gasteiger partial charge is 0.303 e. The van der Waals surface area contributed by atoms with Gasteiger partial charge in [-0.1, -0.05) is 156 Å². The highest BCUT2D eigenvalue weighted by Gasteiger charge is 2.14. The van der Waals surface area contributed by atoms with Crippen molar-refractivity contribution >= 4 is 0 Å². The van der Waals surface area contributed by atoms with Crippen LogP contribution in [0.5, 0.6) is 0 Å². The van der Waals surface area contributed by atoms with Crippen LogP contribution in [0.15, 0.2) is 0 Å². The van der Waals surface area contributed by atoms with E-state index in [4.69, 9.17) is 0 Å². The molecule has 1 heteroatoms. The predicted molar refractivity (Wildman–Crippen MR) is 144 cm³/mol. The fraction of sp³-hybridized carbons (Fsp3) is 1.00. The molecule has 0 heterocycles. The molecule has 31 heavy (non-hydrogen) atoms. The van der Waals surface area contributed by atoms with Gasteiger partial charge in [0.2, 0.25) is 0 Å². The van der Waals surface area contributed by atoms with Crippen LogP contribution in [0.2, 0.25) is 0 Å². The summed E-state index contributed by atoms with van der Waals surface area (Å²) in [7, 11) is 2.42. The van der Waals surface area contributed by atoms with E-state index in [9.17, 15) is 0 Å². The summed E-state index contributed by atoms with van der Waals surface area (Å²) < 4.78 is 0. The van der Waals surface area contributed by atoms with Gasteiger partial charge in [-0.05, 0) is 32.9 Å². The highest BCUT2D eigenvalue weighted by molar-refractivity contribution is 4.70. The molecule has 1 nitrogen and oxygen atoms in total. The lowest BCUT2D eigenvalue weighted by Crippen LogP contribution is -2.32. The number of rotatable bonds is 26. The molecule has 0 saturated carbocycles. The molecule has 0 aromatic heterocycles. The standard InChI is InChI=1S/C30H63N/c1-5-8-11-14-17-19-21-24-27-30(28-25-22-20-18-15-12-9-6-2)31(4)29-26-23-16-13-10-7-3/h30H,5-29H2,1-4H3.